The van der Waals surface area contributed by atoms with Gasteiger partial charge in [-0.25, -0.2) is 0 Å². The van der Waals surface area contributed by atoms with Gasteiger partial charge in [0.05, 0.1) is 16.1 Å². The Morgan fingerprint density at radius 3 is 2.69 bits per heavy atom. The molecule has 1 aromatic carbocycles. The molecule has 16 heavy (non-hydrogen) atoms. The molecule has 3 nitrogen and oxygen atoms in total. The average Bonchev–Trinajstić information content (AvgIpc) is 2.20. The van der Waals surface area contributed by atoms with Gasteiger partial charge in [-0.15, -0.1) is 0 Å². The topological polar surface area (TPSA) is 49.4 Å². The quantitative estimate of drug-likeness (QED) is 0.413. The van der Waals surface area contributed by atoms with Crippen molar-refractivity contribution < 1.29 is 14.6 Å². The first-order valence-electron chi connectivity index (χ1n) is 4.50. The second kappa shape index (κ2) is 6.90. The molecule has 0 saturated heterocycles. The number of hydrogen-bond acceptors (Lipinski definition) is 4. The van der Waals surface area contributed by atoms with Crippen LogP contribution in [0.5, 0.6) is 5.75 Å². The van der Waals surface area contributed by atoms with E-state index in [1.54, 1.807) is 6.07 Å². The van der Waals surface area contributed by atoms with Crippen LogP contribution in [0.2, 0.25) is 0 Å². The third-order valence-corrected chi connectivity index (χ3v) is 3.52. The Morgan fingerprint density at radius 1 is 1.44 bits per heavy atom. The first-order chi connectivity index (χ1) is 7.56. The summed E-state index contributed by atoms with van der Waals surface area (Å²) in [5.74, 6) is -0.109. The van der Waals surface area contributed by atoms with Crippen LogP contribution in [0.25, 0.3) is 0 Å². The first-order valence-corrected chi connectivity index (χ1v) is 7.29. The molecule has 0 bridgehead atoms. The number of thiol groups is 1. The molecule has 6 heteroatoms. The van der Waals surface area contributed by atoms with Crippen molar-refractivity contribution >= 4 is 63.8 Å². The molecule has 0 unspecified atom stereocenters. The number of carbonyl (C=O) groups is 1. The van der Waals surface area contributed by atoms with E-state index in [9.17, 15) is 9.90 Å². The monoisotopic (exact) mass is 463 g/mol. The van der Waals surface area contributed by atoms with Crippen LogP contribution >= 0.6 is 57.8 Å². The van der Waals surface area contributed by atoms with E-state index in [4.69, 9.17) is 4.74 Å². The Morgan fingerprint density at radius 2 is 2.12 bits per heavy atom. The second-order valence-electron chi connectivity index (χ2n) is 2.98. The van der Waals surface area contributed by atoms with Gasteiger partial charge in [-0.05, 0) is 69.5 Å². The van der Waals surface area contributed by atoms with Gasteiger partial charge >= 0.3 is 0 Å². The van der Waals surface area contributed by atoms with Crippen molar-refractivity contribution in [3.8, 4) is 5.75 Å². The van der Waals surface area contributed by atoms with Crippen molar-refractivity contribution in [2.24, 2.45) is 0 Å². The van der Waals surface area contributed by atoms with Crippen molar-refractivity contribution in [1.29, 1.82) is 0 Å². The average molecular weight is 463 g/mol. The van der Waals surface area contributed by atoms with E-state index in [0.29, 0.717) is 18.1 Å². The molecule has 0 aliphatic carbocycles. The summed E-state index contributed by atoms with van der Waals surface area (Å²) in [7, 11) is 0. The summed E-state index contributed by atoms with van der Waals surface area (Å²) in [5, 5.41) is 10.9. The van der Waals surface area contributed by atoms with Gasteiger partial charge in [0, 0.05) is 9.13 Å². The lowest BCUT2D eigenvalue weighted by atomic mass is 10.2. The molecule has 0 aliphatic heterocycles. The summed E-state index contributed by atoms with van der Waals surface area (Å²) in [4.78, 5) is 10.9. The Labute approximate surface area is 127 Å². The molecule has 1 rings (SSSR count). The summed E-state index contributed by atoms with van der Waals surface area (Å²) in [6.07, 6.45) is 0.775. The molecule has 0 heterocycles. The van der Waals surface area contributed by atoms with Crippen molar-refractivity contribution in [3.05, 3.63) is 24.8 Å². The summed E-state index contributed by atoms with van der Waals surface area (Å²) in [6, 6.07) is 3.41. The maximum Gasteiger partial charge on any atom is 0.141 e. The van der Waals surface area contributed by atoms with E-state index in [2.05, 4.69) is 57.8 Å². The van der Waals surface area contributed by atoms with Gasteiger partial charge in [-0.1, -0.05) is 0 Å². The largest absolute Gasteiger partial charge is 0.545 e. The third-order valence-electron chi connectivity index (χ3n) is 1.78. The van der Waals surface area contributed by atoms with Crippen LogP contribution in [0.1, 0.15) is 16.8 Å². The standard InChI is InChI=1S/C10H10I2O3S/c11-6-4-7(10(13)14)9(8(12)5-6)15-2-1-3-16/h4-5,16H,1-3H2,(H,13,14)/p-1. The van der Waals surface area contributed by atoms with Crippen LogP contribution in [0.15, 0.2) is 12.1 Å². The highest BCUT2D eigenvalue weighted by molar-refractivity contribution is 14.1. The molecule has 88 valence electrons. The maximum absolute atomic E-state index is 10.9. The fraction of sp³-hybridized carbons (Fsp3) is 0.300. The molecule has 0 aromatic heterocycles. The van der Waals surface area contributed by atoms with E-state index in [1.165, 1.54) is 0 Å². The lowest BCUT2D eigenvalue weighted by Gasteiger charge is -2.14. The van der Waals surface area contributed by atoms with Gasteiger partial charge in [0.2, 0.25) is 0 Å². The smallest absolute Gasteiger partial charge is 0.141 e. The number of carboxylic acid groups (broad SMARTS) is 1. The van der Waals surface area contributed by atoms with E-state index in [1.807, 2.05) is 6.07 Å². The van der Waals surface area contributed by atoms with Gasteiger partial charge in [0.15, 0.2) is 0 Å². The minimum atomic E-state index is -1.21. The Kier molecular flexibility index (Phi) is 6.19. The minimum absolute atomic E-state index is 0.107. The lowest BCUT2D eigenvalue weighted by Crippen LogP contribution is -2.23. The molecule has 0 spiro atoms. The third kappa shape index (κ3) is 3.95. The van der Waals surface area contributed by atoms with Gasteiger partial charge in [-0.2, -0.15) is 12.6 Å². The highest BCUT2D eigenvalue weighted by Crippen LogP contribution is 2.28. The number of hydrogen-bond donors (Lipinski definition) is 1. The van der Waals surface area contributed by atoms with Gasteiger partial charge in [0.1, 0.15) is 5.75 Å². The van der Waals surface area contributed by atoms with Crippen molar-refractivity contribution in [2.75, 3.05) is 12.4 Å². The van der Waals surface area contributed by atoms with E-state index >= 15 is 0 Å². The van der Waals surface area contributed by atoms with E-state index in [-0.39, 0.29) is 5.56 Å². The molecule has 0 amide bonds. The number of rotatable bonds is 5. The normalized spacial score (nSPS) is 10.2. The Bertz CT molecular complexity index is 396. The first kappa shape index (κ1) is 14.4. The van der Waals surface area contributed by atoms with Crippen LogP contribution in [0, 0.1) is 7.14 Å². The Balaban J connectivity index is 2.99. The molecule has 0 radical (unpaired) electrons. The van der Waals surface area contributed by atoms with Crippen molar-refractivity contribution in [1.82, 2.24) is 0 Å². The van der Waals surface area contributed by atoms with Crippen LogP contribution in [-0.4, -0.2) is 18.3 Å². The van der Waals surface area contributed by atoms with Gasteiger partial charge in [0.25, 0.3) is 0 Å². The molecular weight excluding hydrogens is 454 g/mol. The molecular formula is C10H9I2O3S-. The number of halogens is 2. The molecule has 0 fully saturated rings. The summed E-state index contributed by atoms with van der Waals surface area (Å²) < 4.78 is 7.07. The van der Waals surface area contributed by atoms with Crippen LogP contribution in [-0.2, 0) is 0 Å². The zero-order valence-electron chi connectivity index (χ0n) is 8.20. The molecule has 0 saturated carbocycles. The van der Waals surface area contributed by atoms with Crippen molar-refractivity contribution in [2.45, 2.75) is 6.42 Å². The summed E-state index contributed by atoms with van der Waals surface area (Å²) in [6.45, 7) is 0.459. The lowest BCUT2D eigenvalue weighted by molar-refractivity contribution is -0.255. The number of ether oxygens (including phenoxy) is 1. The highest BCUT2D eigenvalue weighted by Gasteiger charge is 2.10. The zero-order valence-corrected chi connectivity index (χ0v) is 13.4. The number of carboxylic acids is 1. The number of aromatic carboxylic acids is 1. The fourth-order valence-corrected chi connectivity index (χ4v) is 3.23. The zero-order chi connectivity index (χ0) is 12.1. The van der Waals surface area contributed by atoms with Crippen LogP contribution in [0.4, 0.5) is 0 Å². The van der Waals surface area contributed by atoms with Crippen LogP contribution in [0.3, 0.4) is 0 Å². The highest BCUT2D eigenvalue weighted by atomic mass is 127. The van der Waals surface area contributed by atoms with E-state index in [0.717, 1.165) is 13.6 Å². The predicted molar refractivity (Wildman–Crippen MR) is 80.2 cm³/mol. The Hall–Kier alpha value is 0.300. The van der Waals surface area contributed by atoms with Gasteiger partial charge < -0.3 is 14.6 Å². The minimum Gasteiger partial charge on any atom is -0.545 e. The SMILES string of the molecule is O=C([O-])c1cc(I)cc(I)c1OCCCS. The molecule has 1 aromatic rings. The maximum atomic E-state index is 10.9. The number of benzene rings is 1. The molecule has 0 atom stereocenters. The molecule has 0 aliphatic rings. The predicted octanol–water partition coefficient (Wildman–Crippen LogP) is 1.96. The molecule has 0 N–H and O–H groups in total. The fourth-order valence-electron chi connectivity index (χ4n) is 1.10. The second-order valence-corrected chi connectivity index (χ2v) is 5.83. The van der Waals surface area contributed by atoms with Gasteiger partial charge in [-0.3, -0.25) is 0 Å². The number of carbonyl (C=O) groups excluding carboxylic acids is 1. The van der Waals surface area contributed by atoms with Crippen LogP contribution < -0.4 is 9.84 Å². The summed E-state index contributed by atoms with van der Waals surface area (Å²) >= 11 is 8.18. The summed E-state index contributed by atoms with van der Waals surface area (Å²) in [5.41, 5.74) is 0.107. The van der Waals surface area contributed by atoms with E-state index < -0.39 is 5.97 Å². The van der Waals surface area contributed by atoms with Crippen molar-refractivity contribution in [3.63, 3.8) is 0 Å².